The molecular weight excluding hydrogens is 276 g/mol. The summed E-state index contributed by atoms with van der Waals surface area (Å²) in [5, 5.41) is 0. The van der Waals surface area contributed by atoms with Crippen LogP contribution < -0.4 is 9.64 Å². The Hall–Kier alpha value is -2.49. The highest BCUT2D eigenvalue weighted by molar-refractivity contribution is 6.03. The van der Waals surface area contributed by atoms with Gasteiger partial charge in [0.2, 0.25) is 0 Å². The molecule has 1 atom stereocenters. The summed E-state index contributed by atoms with van der Waals surface area (Å²) in [5.74, 6) is 0.975. The molecule has 0 aliphatic carbocycles. The molecule has 1 unspecified atom stereocenters. The zero-order valence-corrected chi connectivity index (χ0v) is 12.5. The van der Waals surface area contributed by atoms with E-state index in [-0.39, 0.29) is 12.1 Å². The van der Waals surface area contributed by atoms with Gasteiger partial charge in [-0.1, -0.05) is 24.3 Å². The lowest BCUT2D eigenvalue weighted by atomic mass is 10.0. The van der Waals surface area contributed by atoms with E-state index in [0.717, 1.165) is 42.1 Å². The molecule has 2 heterocycles. The van der Waals surface area contributed by atoms with Gasteiger partial charge in [-0.3, -0.25) is 4.79 Å². The smallest absolute Gasteiger partial charge is 0.257 e. The highest BCUT2D eigenvalue weighted by Crippen LogP contribution is 2.43. The Morgan fingerprint density at radius 1 is 1.05 bits per heavy atom. The maximum atomic E-state index is 12.7. The van der Waals surface area contributed by atoms with Crippen molar-refractivity contribution in [3.05, 3.63) is 54.1 Å². The van der Waals surface area contributed by atoms with E-state index in [1.54, 1.807) is 7.11 Å². The number of nitrogens with zero attached hydrogens (tertiary/aromatic N) is 2. The summed E-state index contributed by atoms with van der Waals surface area (Å²) in [6, 6.07) is 15.8. The summed E-state index contributed by atoms with van der Waals surface area (Å²) in [5.41, 5.74) is 2.76. The zero-order valence-electron chi connectivity index (χ0n) is 12.5. The number of carbonyl (C=O) groups is 1. The number of rotatable bonds is 2. The van der Waals surface area contributed by atoms with Gasteiger partial charge in [-0.25, -0.2) is 0 Å². The van der Waals surface area contributed by atoms with E-state index in [9.17, 15) is 4.79 Å². The third-order valence-electron chi connectivity index (χ3n) is 4.52. The Morgan fingerprint density at radius 3 is 2.59 bits per heavy atom. The number of fused-ring (bicyclic) bond motifs is 2. The molecular formula is C18H18N2O2. The summed E-state index contributed by atoms with van der Waals surface area (Å²) in [4.78, 5) is 16.9. The molecule has 1 fully saturated rings. The van der Waals surface area contributed by atoms with Gasteiger partial charge >= 0.3 is 0 Å². The van der Waals surface area contributed by atoms with Gasteiger partial charge in [0.05, 0.1) is 24.0 Å². The van der Waals surface area contributed by atoms with Crippen LogP contribution in [0.25, 0.3) is 0 Å². The number of hydrogen-bond acceptors (Lipinski definition) is 3. The molecule has 0 bridgehead atoms. The van der Waals surface area contributed by atoms with E-state index in [4.69, 9.17) is 4.74 Å². The fourth-order valence-electron chi connectivity index (χ4n) is 3.55. The molecule has 4 nitrogen and oxygen atoms in total. The molecule has 1 amide bonds. The number of amides is 1. The summed E-state index contributed by atoms with van der Waals surface area (Å²) in [7, 11) is 1.69. The van der Waals surface area contributed by atoms with Crippen molar-refractivity contribution in [1.29, 1.82) is 0 Å². The van der Waals surface area contributed by atoms with E-state index in [2.05, 4.69) is 11.0 Å². The van der Waals surface area contributed by atoms with Gasteiger partial charge in [-0.2, -0.15) is 0 Å². The second kappa shape index (κ2) is 5.05. The van der Waals surface area contributed by atoms with Gasteiger partial charge in [-0.05, 0) is 37.1 Å². The summed E-state index contributed by atoms with van der Waals surface area (Å²) < 4.78 is 5.54. The molecule has 0 saturated carbocycles. The molecule has 4 rings (SSSR count). The maximum Gasteiger partial charge on any atom is 0.257 e. The normalized spacial score (nSPS) is 19.9. The van der Waals surface area contributed by atoms with E-state index >= 15 is 0 Å². The molecule has 1 saturated heterocycles. The Morgan fingerprint density at radius 2 is 1.77 bits per heavy atom. The summed E-state index contributed by atoms with van der Waals surface area (Å²) >= 11 is 0. The molecule has 4 heteroatoms. The van der Waals surface area contributed by atoms with Gasteiger partial charge in [0, 0.05) is 6.54 Å². The number of carbonyl (C=O) groups excluding carboxylic acids is 1. The van der Waals surface area contributed by atoms with Crippen LogP contribution in [0.4, 0.5) is 11.4 Å². The topological polar surface area (TPSA) is 32.8 Å². The third kappa shape index (κ3) is 1.80. The van der Waals surface area contributed by atoms with Crippen LogP contribution in [-0.4, -0.2) is 30.6 Å². The summed E-state index contributed by atoms with van der Waals surface area (Å²) in [6.45, 7) is 0.823. The van der Waals surface area contributed by atoms with Crippen LogP contribution >= 0.6 is 0 Å². The maximum absolute atomic E-state index is 12.7. The first kappa shape index (κ1) is 13.2. The van der Waals surface area contributed by atoms with Crippen molar-refractivity contribution in [1.82, 2.24) is 4.90 Å². The second-order valence-corrected chi connectivity index (χ2v) is 5.68. The van der Waals surface area contributed by atoms with Crippen molar-refractivity contribution < 1.29 is 9.53 Å². The van der Waals surface area contributed by atoms with E-state index in [1.807, 2.05) is 47.4 Å². The lowest BCUT2D eigenvalue weighted by Gasteiger charge is -2.42. The predicted octanol–water partition coefficient (Wildman–Crippen LogP) is 3.41. The van der Waals surface area contributed by atoms with Crippen molar-refractivity contribution in [2.24, 2.45) is 0 Å². The first-order valence-electron chi connectivity index (χ1n) is 7.63. The third-order valence-corrected chi connectivity index (χ3v) is 4.52. The minimum atomic E-state index is 0.0821. The number of benzene rings is 2. The number of methoxy groups -OCH3 is 1. The molecule has 112 valence electrons. The molecule has 0 radical (unpaired) electrons. The molecule has 2 aliphatic rings. The van der Waals surface area contributed by atoms with Gasteiger partial charge in [-0.15, -0.1) is 0 Å². The van der Waals surface area contributed by atoms with E-state index in [0.29, 0.717) is 0 Å². The van der Waals surface area contributed by atoms with Crippen molar-refractivity contribution >= 4 is 17.3 Å². The molecule has 0 aromatic heterocycles. The fraction of sp³-hybridized carbons (Fsp3) is 0.278. The largest absolute Gasteiger partial charge is 0.495 e. The minimum Gasteiger partial charge on any atom is -0.495 e. The zero-order chi connectivity index (χ0) is 15.1. The van der Waals surface area contributed by atoms with Gasteiger partial charge < -0.3 is 14.5 Å². The van der Waals surface area contributed by atoms with Crippen LogP contribution in [0.1, 0.15) is 23.2 Å². The molecule has 0 spiro atoms. The average Bonchev–Trinajstić information content (AvgIpc) is 3.05. The SMILES string of the molecule is COc1ccccc1N1c2ccccc2C(=O)N2CCCC21. The Labute approximate surface area is 129 Å². The predicted molar refractivity (Wildman–Crippen MR) is 85.6 cm³/mol. The van der Waals surface area contributed by atoms with Crippen LogP contribution in [-0.2, 0) is 0 Å². The van der Waals surface area contributed by atoms with Crippen LogP contribution in [0.15, 0.2) is 48.5 Å². The average molecular weight is 294 g/mol. The summed E-state index contributed by atoms with van der Waals surface area (Å²) in [6.07, 6.45) is 2.10. The van der Waals surface area contributed by atoms with Crippen LogP contribution in [0.2, 0.25) is 0 Å². The highest BCUT2D eigenvalue weighted by Gasteiger charge is 2.41. The highest BCUT2D eigenvalue weighted by atomic mass is 16.5. The number of hydrogen-bond donors (Lipinski definition) is 0. The van der Waals surface area contributed by atoms with Gasteiger partial charge in [0.25, 0.3) is 5.91 Å². The fourth-order valence-corrected chi connectivity index (χ4v) is 3.55. The molecule has 2 aromatic rings. The Balaban J connectivity index is 1.93. The van der Waals surface area contributed by atoms with E-state index in [1.165, 1.54) is 0 Å². The first-order chi connectivity index (χ1) is 10.8. The standard InChI is InChI=1S/C18H18N2O2/c1-22-16-10-5-4-9-15(16)20-14-8-3-2-7-13(14)18(21)19-12-6-11-17(19)20/h2-5,7-10,17H,6,11-12H2,1H3. The lowest BCUT2D eigenvalue weighted by Crippen LogP contribution is -2.49. The molecule has 0 N–H and O–H groups in total. The van der Waals surface area contributed by atoms with Crippen molar-refractivity contribution in [3.63, 3.8) is 0 Å². The minimum absolute atomic E-state index is 0.0821. The van der Waals surface area contributed by atoms with Crippen molar-refractivity contribution in [2.75, 3.05) is 18.6 Å². The monoisotopic (exact) mass is 294 g/mol. The second-order valence-electron chi connectivity index (χ2n) is 5.68. The molecule has 2 aliphatic heterocycles. The van der Waals surface area contributed by atoms with Gasteiger partial charge in [0.1, 0.15) is 11.9 Å². The van der Waals surface area contributed by atoms with Crippen molar-refractivity contribution in [3.8, 4) is 5.75 Å². The molecule has 2 aromatic carbocycles. The Kier molecular flexibility index (Phi) is 3.03. The van der Waals surface area contributed by atoms with Crippen LogP contribution in [0, 0.1) is 0 Å². The van der Waals surface area contributed by atoms with E-state index < -0.39 is 0 Å². The lowest BCUT2D eigenvalue weighted by molar-refractivity contribution is 0.0724. The Bertz CT molecular complexity index is 729. The number of ether oxygens (including phenoxy) is 1. The van der Waals surface area contributed by atoms with Crippen LogP contribution in [0.5, 0.6) is 5.75 Å². The number of para-hydroxylation sites is 3. The number of anilines is 2. The van der Waals surface area contributed by atoms with Crippen LogP contribution in [0.3, 0.4) is 0 Å². The first-order valence-corrected chi connectivity index (χ1v) is 7.63. The molecule has 22 heavy (non-hydrogen) atoms. The van der Waals surface area contributed by atoms with Gasteiger partial charge in [0.15, 0.2) is 0 Å². The van der Waals surface area contributed by atoms with Crippen molar-refractivity contribution in [2.45, 2.75) is 19.0 Å². The quantitative estimate of drug-likeness (QED) is 0.851.